The van der Waals surface area contributed by atoms with E-state index in [1.165, 1.54) is 6.07 Å². The molecule has 0 spiro atoms. The smallest absolute Gasteiger partial charge is 0.231 e. The molecule has 1 aliphatic heterocycles. The highest BCUT2D eigenvalue weighted by Gasteiger charge is 2.21. The molecule has 0 saturated carbocycles. The number of allylic oxidation sites excluding steroid dienone is 2. The lowest BCUT2D eigenvalue weighted by Crippen LogP contribution is -2.13. The average Bonchev–Trinajstić information content (AvgIpc) is 2.30. The third kappa shape index (κ3) is 2.16. The summed E-state index contributed by atoms with van der Waals surface area (Å²) in [5, 5.41) is 0. The van der Waals surface area contributed by atoms with Crippen LogP contribution < -0.4 is 0 Å². The van der Waals surface area contributed by atoms with Gasteiger partial charge in [-0.1, -0.05) is 6.07 Å². The van der Waals surface area contributed by atoms with Crippen LogP contribution in [0.25, 0.3) is 0 Å². The summed E-state index contributed by atoms with van der Waals surface area (Å²) in [5.74, 6) is -0.684. The standard InChI is InChI=1S/C12H10BrFO2/c13-8-4-3-5-9(14)11(8)12(15)10-6-1-2-7-16-10/h3-6H,1-2,7H2. The first-order chi connectivity index (χ1) is 7.70. The van der Waals surface area contributed by atoms with Gasteiger partial charge in [0.2, 0.25) is 5.78 Å². The minimum atomic E-state index is -0.533. The molecule has 0 saturated heterocycles. The van der Waals surface area contributed by atoms with E-state index in [1.807, 2.05) is 0 Å². The van der Waals surface area contributed by atoms with Crippen molar-refractivity contribution in [3.05, 3.63) is 45.9 Å². The summed E-state index contributed by atoms with van der Waals surface area (Å²) in [5.41, 5.74) is 0.0376. The number of halogens is 2. The maximum absolute atomic E-state index is 13.5. The summed E-state index contributed by atoms with van der Waals surface area (Å²) in [6.07, 6.45) is 3.41. The van der Waals surface area contributed by atoms with Gasteiger partial charge in [-0.3, -0.25) is 4.79 Å². The van der Waals surface area contributed by atoms with Crippen LogP contribution >= 0.6 is 15.9 Å². The number of ether oxygens (including phenoxy) is 1. The molecule has 0 amide bonds. The van der Waals surface area contributed by atoms with Crippen LogP contribution in [0, 0.1) is 5.82 Å². The van der Waals surface area contributed by atoms with Gasteiger partial charge in [0.15, 0.2) is 5.76 Å². The molecule has 0 atom stereocenters. The van der Waals surface area contributed by atoms with Crippen LogP contribution in [-0.2, 0) is 4.74 Å². The fraction of sp³-hybridized carbons (Fsp3) is 0.250. The summed E-state index contributed by atoms with van der Waals surface area (Å²) in [7, 11) is 0. The van der Waals surface area contributed by atoms with Crippen LogP contribution in [0.3, 0.4) is 0 Å². The number of Topliss-reactive ketones (excluding diaryl/α,β-unsaturated/α-hetero) is 1. The Morgan fingerprint density at radius 3 is 2.88 bits per heavy atom. The number of carbonyl (C=O) groups is 1. The number of carbonyl (C=O) groups excluding carboxylic acids is 1. The number of hydrogen-bond donors (Lipinski definition) is 0. The van der Waals surface area contributed by atoms with Crippen LogP contribution in [-0.4, -0.2) is 12.4 Å². The third-order valence-electron chi connectivity index (χ3n) is 2.35. The molecule has 4 heteroatoms. The topological polar surface area (TPSA) is 26.3 Å². The van der Waals surface area contributed by atoms with Crippen molar-refractivity contribution in [3.63, 3.8) is 0 Å². The summed E-state index contributed by atoms with van der Waals surface area (Å²) < 4.78 is 19.2. The SMILES string of the molecule is O=C(C1=CCCCO1)c1c(F)cccc1Br. The van der Waals surface area contributed by atoms with E-state index in [-0.39, 0.29) is 11.3 Å². The summed E-state index contributed by atoms with van der Waals surface area (Å²) in [4.78, 5) is 12.0. The molecule has 0 aromatic heterocycles. The van der Waals surface area contributed by atoms with Crippen molar-refractivity contribution in [1.82, 2.24) is 0 Å². The Labute approximate surface area is 101 Å². The molecule has 2 nitrogen and oxygen atoms in total. The van der Waals surface area contributed by atoms with E-state index in [1.54, 1.807) is 18.2 Å². The molecule has 84 valence electrons. The molecule has 0 bridgehead atoms. The zero-order valence-electron chi connectivity index (χ0n) is 8.50. The minimum Gasteiger partial charge on any atom is -0.490 e. The van der Waals surface area contributed by atoms with Gasteiger partial charge >= 0.3 is 0 Å². The normalized spacial score (nSPS) is 15.2. The molecule has 0 N–H and O–H groups in total. The van der Waals surface area contributed by atoms with Crippen LogP contribution in [0.15, 0.2) is 34.5 Å². The molecule has 0 radical (unpaired) electrons. The maximum atomic E-state index is 13.5. The lowest BCUT2D eigenvalue weighted by molar-refractivity contribution is 0.0894. The number of rotatable bonds is 2. The van der Waals surface area contributed by atoms with E-state index in [0.717, 1.165) is 12.8 Å². The van der Waals surface area contributed by atoms with E-state index in [4.69, 9.17) is 4.74 Å². The van der Waals surface area contributed by atoms with Crippen molar-refractivity contribution in [1.29, 1.82) is 0 Å². The average molecular weight is 285 g/mol. The van der Waals surface area contributed by atoms with Crippen molar-refractivity contribution in [2.45, 2.75) is 12.8 Å². The maximum Gasteiger partial charge on any atom is 0.231 e. The molecule has 1 aromatic rings. The molecule has 1 aromatic carbocycles. The Morgan fingerprint density at radius 1 is 1.44 bits per heavy atom. The first-order valence-electron chi connectivity index (χ1n) is 5.02. The molecule has 2 rings (SSSR count). The second kappa shape index (κ2) is 4.78. The molecule has 1 aliphatic rings. The molecule has 0 aliphatic carbocycles. The number of benzene rings is 1. The Hall–Kier alpha value is -1.16. The van der Waals surface area contributed by atoms with Gasteiger partial charge in [0.1, 0.15) is 5.82 Å². The lowest BCUT2D eigenvalue weighted by Gasteiger charge is -2.14. The molecule has 1 heterocycles. The first kappa shape index (κ1) is 11.3. The third-order valence-corrected chi connectivity index (χ3v) is 3.01. The summed E-state index contributed by atoms with van der Waals surface area (Å²) in [6.45, 7) is 0.518. The van der Waals surface area contributed by atoms with Gasteiger partial charge < -0.3 is 4.74 Å². The second-order valence-electron chi connectivity index (χ2n) is 3.48. The largest absolute Gasteiger partial charge is 0.490 e. The van der Waals surface area contributed by atoms with Crippen molar-refractivity contribution < 1.29 is 13.9 Å². The van der Waals surface area contributed by atoms with Crippen molar-refractivity contribution >= 4 is 21.7 Å². The molecule has 0 unspecified atom stereocenters. The highest BCUT2D eigenvalue weighted by molar-refractivity contribution is 9.10. The van der Waals surface area contributed by atoms with Crippen molar-refractivity contribution in [3.8, 4) is 0 Å². The van der Waals surface area contributed by atoms with Crippen molar-refractivity contribution in [2.24, 2.45) is 0 Å². The van der Waals surface area contributed by atoms with Gasteiger partial charge in [0.05, 0.1) is 12.2 Å². The molecule has 16 heavy (non-hydrogen) atoms. The lowest BCUT2D eigenvalue weighted by atomic mass is 10.1. The Kier molecular flexibility index (Phi) is 3.39. The van der Waals surface area contributed by atoms with Crippen LogP contribution in [0.4, 0.5) is 4.39 Å². The summed E-state index contributed by atoms with van der Waals surface area (Å²) >= 11 is 3.17. The van der Waals surface area contributed by atoms with Crippen LogP contribution in [0.1, 0.15) is 23.2 Å². The van der Waals surface area contributed by atoms with Gasteiger partial charge in [-0.25, -0.2) is 4.39 Å². The van der Waals surface area contributed by atoms with Gasteiger partial charge in [-0.2, -0.15) is 0 Å². The minimum absolute atomic E-state index is 0.0376. The van der Waals surface area contributed by atoms with E-state index in [0.29, 0.717) is 11.1 Å². The van der Waals surface area contributed by atoms with E-state index < -0.39 is 11.6 Å². The zero-order valence-corrected chi connectivity index (χ0v) is 10.1. The molecular weight excluding hydrogens is 275 g/mol. The number of hydrogen-bond acceptors (Lipinski definition) is 2. The van der Waals surface area contributed by atoms with Gasteiger partial charge in [-0.05, 0) is 47.0 Å². The van der Waals surface area contributed by atoms with Crippen LogP contribution in [0.2, 0.25) is 0 Å². The Bertz CT molecular complexity index is 434. The Balaban J connectivity index is 2.37. The quantitative estimate of drug-likeness (QED) is 0.778. The van der Waals surface area contributed by atoms with E-state index in [2.05, 4.69) is 15.9 Å². The van der Waals surface area contributed by atoms with Gasteiger partial charge in [0, 0.05) is 4.47 Å². The predicted molar refractivity (Wildman–Crippen MR) is 61.7 cm³/mol. The first-order valence-corrected chi connectivity index (χ1v) is 5.81. The predicted octanol–water partition coefficient (Wildman–Crippen LogP) is 3.47. The fourth-order valence-corrected chi connectivity index (χ4v) is 2.08. The zero-order chi connectivity index (χ0) is 11.5. The van der Waals surface area contributed by atoms with Gasteiger partial charge in [0.25, 0.3) is 0 Å². The highest BCUT2D eigenvalue weighted by atomic mass is 79.9. The molecule has 0 fully saturated rings. The Morgan fingerprint density at radius 2 is 2.25 bits per heavy atom. The monoisotopic (exact) mass is 284 g/mol. The van der Waals surface area contributed by atoms with Crippen LogP contribution in [0.5, 0.6) is 0 Å². The van der Waals surface area contributed by atoms with E-state index in [9.17, 15) is 9.18 Å². The number of ketones is 1. The fourth-order valence-electron chi connectivity index (χ4n) is 1.55. The molecular formula is C12H10BrFO2. The van der Waals surface area contributed by atoms with Crippen molar-refractivity contribution in [2.75, 3.05) is 6.61 Å². The second-order valence-corrected chi connectivity index (χ2v) is 4.34. The van der Waals surface area contributed by atoms with Gasteiger partial charge in [-0.15, -0.1) is 0 Å². The van der Waals surface area contributed by atoms with E-state index >= 15 is 0 Å². The highest BCUT2D eigenvalue weighted by Crippen LogP contribution is 2.24. The summed E-state index contributed by atoms with van der Waals surface area (Å²) in [6, 6.07) is 4.45.